The lowest BCUT2D eigenvalue weighted by Crippen LogP contribution is -2.34. The van der Waals surface area contributed by atoms with Gasteiger partial charge >= 0.3 is 0 Å². The minimum absolute atomic E-state index is 0.213. The molecular formula is C13H14BrNO3S. The van der Waals surface area contributed by atoms with E-state index in [-0.39, 0.29) is 10.9 Å². The van der Waals surface area contributed by atoms with E-state index < -0.39 is 10.0 Å². The standard InChI is InChI=1S/C13H14BrNO3S/c1-10(8-11-6-7-18-9-11)15-19(16,17)13-5-3-2-4-12(13)14/h2-7,9-10,15H,8H2,1H3/t10-/m1/s1. The van der Waals surface area contributed by atoms with E-state index >= 15 is 0 Å². The molecule has 102 valence electrons. The van der Waals surface area contributed by atoms with E-state index in [4.69, 9.17) is 4.42 Å². The summed E-state index contributed by atoms with van der Waals surface area (Å²) in [7, 11) is -3.52. The second-order valence-corrected chi connectivity index (χ2v) is 6.83. The molecule has 6 heteroatoms. The van der Waals surface area contributed by atoms with Gasteiger partial charge in [-0.05, 0) is 53.0 Å². The van der Waals surface area contributed by atoms with Crippen molar-refractivity contribution in [1.29, 1.82) is 0 Å². The second kappa shape index (κ2) is 5.90. The van der Waals surface area contributed by atoms with Crippen LogP contribution >= 0.6 is 15.9 Å². The Morgan fingerprint density at radius 2 is 2.05 bits per heavy atom. The van der Waals surface area contributed by atoms with Gasteiger partial charge in [0.2, 0.25) is 10.0 Å². The summed E-state index contributed by atoms with van der Waals surface area (Å²) in [5.41, 5.74) is 0.960. The molecule has 0 aliphatic carbocycles. The predicted octanol–water partition coefficient (Wildman–Crippen LogP) is 2.95. The first-order valence-electron chi connectivity index (χ1n) is 5.77. The van der Waals surface area contributed by atoms with Crippen LogP contribution in [0.4, 0.5) is 0 Å². The van der Waals surface area contributed by atoms with Gasteiger partial charge in [0.05, 0.1) is 17.4 Å². The SMILES string of the molecule is C[C@H](Cc1ccoc1)NS(=O)(=O)c1ccccc1Br. The Morgan fingerprint density at radius 3 is 2.68 bits per heavy atom. The normalized spacial score (nSPS) is 13.4. The highest BCUT2D eigenvalue weighted by Crippen LogP contribution is 2.21. The summed E-state index contributed by atoms with van der Waals surface area (Å²) in [6.45, 7) is 1.82. The van der Waals surface area contributed by atoms with Crippen LogP contribution in [0.5, 0.6) is 0 Å². The topological polar surface area (TPSA) is 59.3 Å². The Labute approximate surface area is 121 Å². The van der Waals surface area contributed by atoms with E-state index in [1.54, 1.807) is 36.8 Å². The fraction of sp³-hybridized carbons (Fsp3) is 0.231. The minimum Gasteiger partial charge on any atom is -0.472 e. The van der Waals surface area contributed by atoms with Crippen LogP contribution < -0.4 is 4.72 Å². The van der Waals surface area contributed by atoms with Crippen molar-refractivity contribution in [3.8, 4) is 0 Å². The number of halogens is 1. The summed E-state index contributed by atoms with van der Waals surface area (Å²) in [5, 5.41) is 0. The lowest BCUT2D eigenvalue weighted by molar-refractivity contribution is 0.549. The van der Waals surface area contributed by atoms with E-state index in [0.717, 1.165) is 5.56 Å². The molecule has 0 saturated carbocycles. The van der Waals surface area contributed by atoms with Crippen LogP contribution in [-0.2, 0) is 16.4 Å². The molecule has 1 atom stereocenters. The van der Waals surface area contributed by atoms with Gasteiger partial charge in [-0.2, -0.15) is 0 Å². The Balaban J connectivity index is 2.11. The molecule has 0 aliphatic heterocycles. The molecule has 0 unspecified atom stereocenters. The fourth-order valence-electron chi connectivity index (χ4n) is 1.80. The molecule has 2 rings (SSSR count). The summed E-state index contributed by atoms with van der Waals surface area (Å²) in [6.07, 6.45) is 3.77. The van der Waals surface area contributed by atoms with Crippen LogP contribution in [0, 0.1) is 0 Å². The zero-order valence-electron chi connectivity index (χ0n) is 10.3. The quantitative estimate of drug-likeness (QED) is 0.907. The molecule has 0 fully saturated rings. The lowest BCUT2D eigenvalue weighted by Gasteiger charge is -2.14. The molecule has 1 aromatic carbocycles. The van der Waals surface area contributed by atoms with Crippen LogP contribution in [0.3, 0.4) is 0 Å². The molecule has 4 nitrogen and oxygen atoms in total. The van der Waals surface area contributed by atoms with Crippen molar-refractivity contribution in [2.24, 2.45) is 0 Å². The highest BCUT2D eigenvalue weighted by atomic mass is 79.9. The van der Waals surface area contributed by atoms with Gasteiger partial charge in [0.1, 0.15) is 0 Å². The number of hydrogen-bond donors (Lipinski definition) is 1. The molecule has 0 aliphatic rings. The molecule has 0 spiro atoms. The average molecular weight is 344 g/mol. The fourth-order valence-corrected chi connectivity index (χ4v) is 4.04. The summed E-state index contributed by atoms with van der Waals surface area (Å²) in [5.74, 6) is 0. The Bertz CT molecular complexity index is 638. The summed E-state index contributed by atoms with van der Waals surface area (Å²) in [4.78, 5) is 0.244. The molecule has 0 saturated heterocycles. The maximum atomic E-state index is 12.2. The maximum absolute atomic E-state index is 12.2. The molecule has 1 aromatic heterocycles. The van der Waals surface area contributed by atoms with Crippen LogP contribution in [0.15, 0.2) is 56.6 Å². The third-order valence-corrected chi connectivity index (χ3v) is 5.21. The third-order valence-electron chi connectivity index (χ3n) is 2.60. The van der Waals surface area contributed by atoms with Crippen molar-refractivity contribution < 1.29 is 12.8 Å². The first-order chi connectivity index (χ1) is 8.99. The Morgan fingerprint density at radius 1 is 1.32 bits per heavy atom. The summed E-state index contributed by atoms with van der Waals surface area (Å²) < 4.78 is 32.6. The van der Waals surface area contributed by atoms with Gasteiger partial charge in [-0.25, -0.2) is 13.1 Å². The van der Waals surface area contributed by atoms with Gasteiger partial charge in [-0.15, -0.1) is 0 Å². The average Bonchev–Trinajstić information content (AvgIpc) is 2.81. The van der Waals surface area contributed by atoms with Gasteiger partial charge in [0.15, 0.2) is 0 Å². The van der Waals surface area contributed by atoms with Gasteiger partial charge in [0.25, 0.3) is 0 Å². The van der Waals surface area contributed by atoms with E-state index in [9.17, 15) is 8.42 Å². The lowest BCUT2D eigenvalue weighted by atomic mass is 10.1. The van der Waals surface area contributed by atoms with Crippen molar-refractivity contribution in [3.05, 3.63) is 52.9 Å². The Kier molecular flexibility index (Phi) is 4.44. The number of sulfonamides is 1. The predicted molar refractivity (Wildman–Crippen MR) is 76.3 cm³/mol. The first kappa shape index (κ1) is 14.3. The maximum Gasteiger partial charge on any atom is 0.241 e. The van der Waals surface area contributed by atoms with Crippen molar-refractivity contribution in [2.75, 3.05) is 0 Å². The number of nitrogens with one attached hydrogen (secondary N) is 1. The highest BCUT2D eigenvalue weighted by molar-refractivity contribution is 9.10. The second-order valence-electron chi connectivity index (χ2n) is 4.29. The molecule has 1 N–H and O–H groups in total. The number of rotatable bonds is 5. The molecule has 0 amide bonds. The first-order valence-corrected chi connectivity index (χ1v) is 8.04. The molecule has 0 bridgehead atoms. The summed E-state index contributed by atoms with van der Waals surface area (Å²) in [6, 6.07) is 8.35. The zero-order chi connectivity index (χ0) is 13.9. The van der Waals surface area contributed by atoms with Gasteiger partial charge in [0, 0.05) is 10.5 Å². The van der Waals surface area contributed by atoms with E-state index in [2.05, 4.69) is 20.7 Å². The van der Waals surface area contributed by atoms with Gasteiger partial charge in [-0.1, -0.05) is 12.1 Å². The van der Waals surface area contributed by atoms with Crippen LogP contribution in [0.2, 0.25) is 0 Å². The zero-order valence-corrected chi connectivity index (χ0v) is 12.7. The van der Waals surface area contributed by atoms with Gasteiger partial charge in [-0.3, -0.25) is 0 Å². The van der Waals surface area contributed by atoms with Crippen molar-refractivity contribution >= 4 is 26.0 Å². The number of hydrogen-bond acceptors (Lipinski definition) is 3. The molecular weight excluding hydrogens is 330 g/mol. The Hall–Kier alpha value is -1.11. The minimum atomic E-state index is -3.52. The highest BCUT2D eigenvalue weighted by Gasteiger charge is 2.19. The van der Waals surface area contributed by atoms with Crippen LogP contribution in [0.1, 0.15) is 12.5 Å². The summed E-state index contributed by atoms with van der Waals surface area (Å²) >= 11 is 3.25. The molecule has 2 aromatic rings. The van der Waals surface area contributed by atoms with E-state index in [1.165, 1.54) is 0 Å². The molecule has 19 heavy (non-hydrogen) atoms. The smallest absolute Gasteiger partial charge is 0.241 e. The van der Waals surface area contributed by atoms with Crippen LogP contribution in [0.25, 0.3) is 0 Å². The van der Waals surface area contributed by atoms with Crippen molar-refractivity contribution in [3.63, 3.8) is 0 Å². The largest absolute Gasteiger partial charge is 0.472 e. The van der Waals surface area contributed by atoms with Gasteiger partial charge < -0.3 is 4.42 Å². The monoisotopic (exact) mass is 343 g/mol. The molecule has 1 heterocycles. The molecule has 0 radical (unpaired) electrons. The van der Waals surface area contributed by atoms with Crippen molar-refractivity contribution in [2.45, 2.75) is 24.3 Å². The number of benzene rings is 1. The van der Waals surface area contributed by atoms with E-state index in [0.29, 0.717) is 10.9 Å². The van der Waals surface area contributed by atoms with E-state index in [1.807, 2.05) is 13.0 Å². The number of furan rings is 1. The van der Waals surface area contributed by atoms with Crippen LogP contribution in [-0.4, -0.2) is 14.5 Å². The van der Waals surface area contributed by atoms with Crippen molar-refractivity contribution in [1.82, 2.24) is 4.72 Å². The third kappa shape index (κ3) is 3.68.